The molecular formula is C27H36N3O4S+. The van der Waals surface area contributed by atoms with Crippen LogP contribution in [0.3, 0.4) is 0 Å². The molecule has 0 aliphatic carbocycles. The third-order valence-electron chi connectivity index (χ3n) is 7.31. The molecule has 0 radical (unpaired) electrons. The number of benzene rings is 2. The Kier molecular flexibility index (Phi) is 7.06. The van der Waals surface area contributed by atoms with E-state index in [1.807, 2.05) is 30.3 Å². The lowest BCUT2D eigenvalue weighted by Gasteiger charge is -2.40. The fourth-order valence-electron chi connectivity index (χ4n) is 5.25. The van der Waals surface area contributed by atoms with Gasteiger partial charge >= 0.3 is 0 Å². The van der Waals surface area contributed by atoms with E-state index in [-0.39, 0.29) is 17.6 Å². The normalized spacial score (nSPS) is 19.2. The summed E-state index contributed by atoms with van der Waals surface area (Å²) < 4.78 is 25.5. The van der Waals surface area contributed by atoms with Crippen LogP contribution in [0.2, 0.25) is 0 Å². The van der Waals surface area contributed by atoms with Gasteiger partial charge in [-0.2, -0.15) is 0 Å². The molecule has 2 aromatic carbocycles. The highest BCUT2D eigenvalue weighted by atomic mass is 32.2. The number of hydrogen-bond donors (Lipinski definition) is 2. The second-order valence-electron chi connectivity index (χ2n) is 10.6. The van der Waals surface area contributed by atoms with Crippen LogP contribution in [0.1, 0.15) is 50.7 Å². The molecule has 2 amide bonds. The van der Waals surface area contributed by atoms with Gasteiger partial charge in [0.1, 0.15) is 6.04 Å². The Morgan fingerprint density at radius 3 is 2.34 bits per heavy atom. The number of piperidine rings is 1. The zero-order chi connectivity index (χ0) is 25.3. The van der Waals surface area contributed by atoms with Crippen LogP contribution in [-0.2, 0) is 31.3 Å². The number of likely N-dealkylation sites (tertiary alicyclic amines) is 1. The average molecular weight is 499 g/mol. The van der Waals surface area contributed by atoms with Crippen LogP contribution in [-0.4, -0.2) is 55.6 Å². The summed E-state index contributed by atoms with van der Waals surface area (Å²) in [6, 6.07) is 16.7. The second-order valence-corrected chi connectivity index (χ2v) is 12.6. The van der Waals surface area contributed by atoms with E-state index >= 15 is 0 Å². The van der Waals surface area contributed by atoms with E-state index in [0.717, 1.165) is 18.4 Å². The molecular weight excluding hydrogens is 462 g/mol. The predicted octanol–water partition coefficient (Wildman–Crippen LogP) is 1.86. The fraction of sp³-hybridized carbons (Fsp3) is 0.481. The summed E-state index contributed by atoms with van der Waals surface area (Å²) >= 11 is 0. The zero-order valence-corrected chi connectivity index (χ0v) is 21.4. The largest absolute Gasteiger partial charge is 0.345 e. The third kappa shape index (κ3) is 5.43. The molecule has 0 bridgehead atoms. The Balaban J connectivity index is 1.45. The van der Waals surface area contributed by atoms with Gasteiger partial charge in [0.05, 0.1) is 10.6 Å². The smallest absolute Gasteiger partial charge is 0.281 e. The highest BCUT2D eigenvalue weighted by Crippen LogP contribution is 2.46. The van der Waals surface area contributed by atoms with E-state index in [1.54, 1.807) is 30.9 Å². The average Bonchev–Trinajstić information content (AvgIpc) is 3.05. The summed E-state index contributed by atoms with van der Waals surface area (Å²) in [5, 5.41) is 2.94. The lowest BCUT2D eigenvalue weighted by Crippen LogP contribution is -2.76. The van der Waals surface area contributed by atoms with Crippen molar-refractivity contribution < 1.29 is 23.7 Å². The van der Waals surface area contributed by atoms with Crippen LogP contribution in [0.5, 0.6) is 0 Å². The number of sulfone groups is 1. The Bertz CT molecular complexity index is 1180. The van der Waals surface area contributed by atoms with E-state index in [2.05, 4.69) is 23.2 Å². The third-order valence-corrected chi connectivity index (χ3v) is 9.27. The van der Waals surface area contributed by atoms with Crippen LogP contribution in [0.15, 0.2) is 59.5 Å². The van der Waals surface area contributed by atoms with E-state index in [4.69, 9.17) is 0 Å². The molecule has 1 saturated heterocycles. The fourth-order valence-corrected chi connectivity index (χ4v) is 7.48. The quantitative estimate of drug-likeness (QED) is 0.607. The predicted molar refractivity (Wildman–Crippen MR) is 134 cm³/mol. The highest BCUT2D eigenvalue weighted by molar-refractivity contribution is 7.91. The lowest BCUT2D eigenvalue weighted by atomic mass is 9.74. The Hall–Kier alpha value is -2.71. The number of hydrogen-bond acceptors (Lipinski definition) is 4. The van der Waals surface area contributed by atoms with Crippen LogP contribution < -0.4 is 11.1 Å². The van der Waals surface area contributed by atoms with Gasteiger partial charge in [-0.3, -0.25) is 9.59 Å². The summed E-state index contributed by atoms with van der Waals surface area (Å²) in [5.74, 6) is -0.242. The van der Waals surface area contributed by atoms with Crippen LogP contribution >= 0.6 is 0 Å². The minimum atomic E-state index is -3.31. The first-order valence-electron chi connectivity index (χ1n) is 12.3. The van der Waals surface area contributed by atoms with Gasteiger partial charge in [0, 0.05) is 18.5 Å². The van der Waals surface area contributed by atoms with E-state index < -0.39 is 26.8 Å². The minimum Gasteiger partial charge on any atom is -0.345 e. The summed E-state index contributed by atoms with van der Waals surface area (Å²) in [7, 11) is -3.31. The van der Waals surface area contributed by atoms with Crippen molar-refractivity contribution in [2.24, 2.45) is 0 Å². The van der Waals surface area contributed by atoms with Gasteiger partial charge in [-0.25, -0.2) is 8.42 Å². The number of fused-ring (bicyclic) bond motifs is 2. The minimum absolute atomic E-state index is 0.0975. The van der Waals surface area contributed by atoms with Crippen LogP contribution in [0.25, 0.3) is 0 Å². The van der Waals surface area contributed by atoms with Crippen molar-refractivity contribution in [2.45, 2.75) is 67.8 Å². The number of carbonyl (C=O) groups is 2. The molecule has 188 valence electrons. The molecule has 4 N–H and O–H groups in total. The molecule has 1 spiro atoms. The molecule has 2 aliphatic heterocycles. The van der Waals surface area contributed by atoms with Crippen molar-refractivity contribution in [3.8, 4) is 0 Å². The van der Waals surface area contributed by atoms with Gasteiger partial charge < -0.3 is 16.0 Å². The number of amides is 2. The van der Waals surface area contributed by atoms with Gasteiger partial charge in [0.15, 0.2) is 15.4 Å². The molecule has 1 fully saturated rings. The molecule has 8 heteroatoms. The first kappa shape index (κ1) is 25.4. The van der Waals surface area contributed by atoms with Crippen molar-refractivity contribution in [1.82, 2.24) is 10.2 Å². The lowest BCUT2D eigenvalue weighted by molar-refractivity contribution is -0.446. The van der Waals surface area contributed by atoms with Gasteiger partial charge in [-0.15, -0.1) is 0 Å². The molecule has 35 heavy (non-hydrogen) atoms. The number of quaternary nitrogens is 1. The maximum atomic E-state index is 13.6. The number of nitrogens with zero attached hydrogens (tertiary/aromatic N) is 1. The van der Waals surface area contributed by atoms with Crippen molar-refractivity contribution in [2.75, 3.05) is 18.8 Å². The van der Waals surface area contributed by atoms with Gasteiger partial charge in [0.25, 0.3) is 5.91 Å². The Morgan fingerprint density at radius 1 is 1.06 bits per heavy atom. The monoisotopic (exact) mass is 498 g/mol. The molecule has 4 rings (SSSR count). The van der Waals surface area contributed by atoms with Crippen molar-refractivity contribution in [1.29, 1.82) is 0 Å². The zero-order valence-electron chi connectivity index (χ0n) is 20.6. The number of nitrogens with one attached hydrogen (secondary N) is 1. The topological polar surface area (TPSA) is 111 Å². The van der Waals surface area contributed by atoms with Gasteiger partial charge in [-0.05, 0) is 63.1 Å². The molecule has 2 aliphatic rings. The number of rotatable bonds is 7. The Labute approximate surface area is 208 Å². The van der Waals surface area contributed by atoms with E-state index in [0.29, 0.717) is 37.2 Å². The van der Waals surface area contributed by atoms with Crippen LogP contribution in [0.4, 0.5) is 0 Å². The van der Waals surface area contributed by atoms with Gasteiger partial charge in [-0.1, -0.05) is 48.5 Å². The molecule has 0 saturated carbocycles. The summed E-state index contributed by atoms with van der Waals surface area (Å²) in [4.78, 5) is 28.5. The van der Waals surface area contributed by atoms with Crippen molar-refractivity contribution in [3.05, 3.63) is 65.7 Å². The molecule has 2 aromatic rings. The summed E-state index contributed by atoms with van der Waals surface area (Å²) in [6.45, 7) is 4.41. The first-order valence-corrected chi connectivity index (χ1v) is 14.0. The Morgan fingerprint density at radius 2 is 1.69 bits per heavy atom. The van der Waals surface area contributed by atoms with Crippen LogP contribution in [0, 0.1) is 0 Å². The van der Waals surface area contributed by atoms with E-state index in [1.165, 1.54) is 5.56 Å². The van der Waals surface area contributed by atoms with Gasteiger partial charge in [0.2, 0.25) is 5.91 Å². The standard InChI is InChI=1S/C27H35N3O4S/c1-26(2,28)25(32)29-22(13-8-11-20-9-4-3-5-10-20)24(31)30-17-15-27(16-18-30)19-35(33,34)23-14-7-6-12-21(23)27/h3-7,9-10,12,14,22H,8,11,13,15-19,28H2,1-2H3,(H,29,32)/p+1/t22-/m1/s1. The van der Waals surface area contributed by atoms with Crippen molar-refractivity contribution >= 4 is 21.7 Å². The van der Waals surface area contributed by atoms with E-state index in [9.17, 15) is 18.0 Å². The molecule has 1 atom stereocenters. The maximum absolute atomic E-state index is 13.6. The second kappa shape index (κ2) is 9.74. The van der Waals surface area contributed by atoms with Crippen molar-refractivity contribution in [3.63, 3.8) is 0 Å². The first-order chi connectivity index (χ1) is 16.5. The SMILES string of the molecule is CC(C)([NH3+])C(=O)N[C@H](CCCc1ccccc1)C(=O)N1CCC2(CC1)CS(=O)(=O)c1ccccc12. The molecule has 2 heterocycles. The summed E-state index contributed by atoms with van der Waals surface area (Å²) in [6.07, 6.45) is 3.32. The summed E-state index contributed by atoms with van der Waals surface area (Å²) in [5.41, 5.74) is 4.72. The number of aryl methyl sites for hydroxylation is 1. The highest BCUT2D eigenvalue weighted by Gasteiger charge is 2.49. The molecule has 0 unspecified atom stereocenters. The maximum Gasteiger partial charge on any atom is 0.281 e. The molecule has 7 nitrogen and oxygen atoms in total. The molecule has 0 aromatic heterocycles. The number of carbonyl (C=O) groups excluding carboxylic acids is 2.